The number of nitrogens with zero attached hydrogens (tertiary/aromatic N) is 3. The molecule has 0 bridgehead atoms. The fourth-order valence-electron chi connectivity index (χ4n) is 5.73. The highest BCUT2D eigenvalue weighted by Crippen LogP contribution is 2.40. The molecule has 202 valence electrons. The third kappa shape index (κ3) is 4.65. The van der Waals surface area contributed by atoms with Gasteiger partial charge >= 0.3 is 0 Å². The van der Waals surface area contributed by atoms with Crippen molar-refractivity contribution in [1.82, 2.24) is 15.0 Å². The molecule has 0 saturated heterocycles. The quantitative estimate of drug-likeness (QED) is 0.214. The van der Waals surface area contributed by atoms with Gasteiger partial charge in [0.25, 0.3) is 0 Å². The molecule has 8 aromatic rings. The Morgan fingerprint density at radius 2 is 1.05 bits per heavy atom. The van der Waals surface area contributed by atoms with Crippen LogP contribution in [0.3, 0.4) is 0 Å². The van der Waals surface area contributed by atoms with E-state index in [-0.39, 0.29) is 0 Å². The Morgan fingerprint density at radius 3 is 1.84 bits per heavy atom. The van der Waals surface area contributed by atoms with E-state index >= 15 is 0 Å². The van der Waals surface area contributed by atoms with Gasteiger partial charge in [-0.2, -0.15) is 0 Å². The molecule has 4 nitrogen and oxygen atoms in total. The first-order valence-electron chi connectivity index (χ1n) is 14.3. The minimum absolute atomic E-state index is 0.680. The lowest BCUT2D eigenvalue weighted by atomic mass is 9.92. The SMILES string of the molecule is c1ccc(-c2cc(-c3cc(-c4ccncc4)nc(-c4ccccc4)n3)cc(-c3cccc4oc5ccccc5c34)c2)cc1. The van der Waals surface area contributed by atoms with E-state index in [1.165, 1.54) is 0 Å². The minimum atomic E-state index is 0.680. The predicted molar refractivity (Wildman–Crippen MR) is 174 cm³/mol. The van der Waals surface area contributed by atoms with Gasteiger partial charge in [-0.25, -0.2) is 9.97 Å². The van der Waals surface area contributed by atoms with Gasteiger partial charge in [0.15, 0.2) is 5.82 Å². The van der Waals surface area contributed by atoms with E-state index in [0.717, 1.165) is 72.3 Å². The molecular formula is C39H25N3O. The molecular weight excluding hydrogens is 526 g/mol. The number of benzene rings is 5. The van der Waals surface area contributed by atoms with Crippen molar-refractivity contribution in [3.05, 3.63) is 152 Å². The van der Waals surface area contributed by atoms with Crippen molar-refractivity contribution in [2.24, 2.45) is 0 Å². The molecule has 0 atom stereocenters. The summed E-state index contributed by atoms with van der Waals surface area (Å²) >= 11 is 0. The zero-order chi connectivity index (χ0) is 28.6. The lowest BCUT2D eigenvalue weighted by Crippen LogP contribution is -1.96. The maximum absolute atomic E-state index is 6.25. The highest BCUT2D eigenvalue weighted by molar-refractivity contribution is 6.12. The molecule has 3 aromatic heterocycles. The van der Waals surface area contributed by atoms with E-state index in [2.05, 4.69) is 77.8 Å². The predicted octanol–water partition coefficient (Wildman–Crippen LogP) is 10.1. The van der Waals surface area contributed by atoms with Crippen LogP contribution in [0.4, 0.5) is 0 Å². The van der Waals surface area contributed by atoms with Crippen molar-refractivity contribution in [3.8, 4) is 56.2 Å². The third-order valence-corrected chi connectivity index (χ3v) is 7.78. The average Bonchev–Trinajstić information content (AvgIpc) is 3.48. The van der Waals surface area contributed by atoms with Gasteiger partial charge in [-0.3, -0.25) is 4.98 Å². The number of furan rings is 1. The lowest BCUT2D eigenvalue weighted by molar-refractivity contribution is 0.669. The summed E-state index contributed by atoms with van der Waals surface area (Å²) < 4.78 is 6.25. The molecule has 5 aromatic carbocycles. The van der Waals surface area contributed by atoms with Crippen LogP contribution in [0.2, 0.25) is 0 Å². The normalized spacial score (nSPS) is 11.3. The van der Waals surface area contributed by atoms with Crippen molar-refractivity contribution in [1.29, 1.82) is 0 Å². The summed E-state index contributed by atoms with van der Waals surface area (Å²) in [6.45, 7) is 0. The fourth-order valence-corrected chi connectivity index (χ4v) is 5.73. The maximum Gasteiger partial charge on any atom is 0.160 e. The van der Waals surface area contributed by atoms with Crippen LogP contribution < -0.4 is 0 Å². The second-order valence-corrected chi connectivity index (χ2v) is 10.5. The summed E-state index contributed by atoms with van der Waals surface area (Å²) in [6.07, 6.45) is 3.59. The van der Waals surface area contributed by atoms with E-state index in [1.807, 2.05) is 66.7 Å². The Labute approximate surface area is 249 Å². The summed E-state index contributed by atoms with van der Waals surface area (Å²) in [5, 5.41) is 2.22. The summed E-state index contributed by atoms with van der Waals surface area (Å²) in [5.74, 6) is 0.680. The van der Waals surface area contributed by atoms with Crippen molar-refractivity contribution in [2.45, 2.75) is 0 Å². The van der Waals surface area contributed by atoms with E-state index in [0.29, 0.717) is 5.82 Å². The van der Waals surface area contributed by atoms with Crippen LogP contribution in [-0.2, 0) is 0 Å². The van der Waals surface area contributed by atoms with Crippen molar-refractivity contribution in [3.63, 3.8) is 0 Å². The first-order chi connectivity index (χ1) is 21.3. The second kappa shape index (κ2) is 10.5. The van der Waals surface area contributed by atoms with Gasteiger partial charge in [-0.1, -0.05) is 91.0 Å². The Morgan fingerprint density at radius 1 is 0.419 bits per heavy atom. The number of pyridine rings is 1. The van der Waals surface area contributed by atoms with Crippen LogP contribution in [0.15, 0.2) is 156 Å². The first kappa shape index (κ1) is 24.9. The van der Waals surface area contributed by atoms with Crippen LogP contribution in [-0.4, -0.2) is 15.0 Å². The zero-order valence-electron chi connectivity index (χ0n) is 23.2. The molecule has 8 rings (SSSR count). The molecule has 0 amide bonds. The number of para-hydroxylation sites is 1. The van der Waals surface area contributed by atoms with Gasteiger partial charge in [0.2, 0.25) is 0 Å². The van der Waals surface area contributed by atoms with Gasteiger partial charge in [0.05, 0.1) is 11.4 Å². The number of hydrogen-bond donors (Lipinski definition) is 0. The van der Waals surface area contributed by atoms with Gasteiger partial charge < -0.3 is 4.42 Å². The van der Waals surface area contributed by atoms with Gasteiger partial charge in [-0.15, -0.1) is 0 Å². The van der Waals surface area contributed by atoms with E-state index < -0.39 is 0 Å². The Kier molecular flexibility index (Phi) is 6.08. The molecule has 0 aliphatic heterocycles. The number of aromatic nitrogens is 3. The molecule has 4 heteroatoms. The van der Waals surface area contributed by atoms with E-state index in [1.54, 1.807) is 12.4 Å². The Hall–Kier alpha value is -5.87. The van der Waals surface area contributed by atoms with Crippen LogP contribution in [0, 0.1) is 0 Å². The molecule has 43 heavy (non-hydrogen) atoms. The molecule has 0 saturated carbocycles. The summed E-state index contributed by atoms with van der Waals surface area (Å²) in [7, 11) is 0. The number of hydrogen-bond acceptors (Lipinski definition) is 4. The van der Waals surface area contributed by atoms with E-state index in [4.69, 9.17) is 14.4 Å². The van der Waals surface area contributed by atoms with E-state index in [9.17, 15) is 0 Å². The van der Waals surface area contributed by atoms with Crippen LogP contribution in [0.25, 0.3) is 78.1 Å². The van der Waals surface area contributed by atoms with Gasteiger partial charge in [0, 0.05) is 39.9 Å². The molecule has 0 spiro atoms. The maximum atomic E-state index is 6.25. The van der Waals surface area contributed by atoms with Crippen molar-refractivity contribution < 1.29 is 4.42 Å². The van der Waals surface area contributed by atoms with Crippen molar-refractivity contribution in [2.75, 3.05) is 0 Å². The summed E-state index contributed by atoms with van der Waals surface area (Å²) in [6, 6.07) is 47.9. The summed E-state index contributed by atoms with van der Waals surface area (Å²) in [5.41, 5.74) is 10.9. The average molecular weight is 552 g/mol. The summed E-state index contributed by atoms with van der Waals surface area (Å²) in [4.78, 5) is 14.3. The topological polar surface area (TPSA) is 51.8 Å². The smallest absolute Gasteiger partial charge is 0.160 e. The largest absolute Gasteiger partial charge is 0.456 e. The minimum Gasteiger partial charge on any atom is -0.456 e. The monoisotopic (exact) mass is 551 g/mol. The fraction of sp³-hybridized carbons (Fsp3) is 0. The Bertz CT molecular complexity index is 2170. The van der Waals surface area contributed by atoms with Crippen LogP contribution >= 0.6 is 0 Å². The number of fused-ring (bicyclic) bond motifs is 3. The molecule has 0 aliphatic rings. The molecule has 0 radical (unpaired) electrons. The molecule has 0 N–H and O–H groups in total. The Balaban J connectivity index is 1.40. The van der Waals surface area contributed by atoms with Crippen molar-refractivity contribution >= 4 is 21.9 Å². The second-order valence-electron chi connectivity index (χ2n) is 10.5. The van der Waals surface area contributed by atoms with Gasteiger partial charge in [-0.05, 0) is 70.8 Å². The molecule has 0 fully saturated rings. The molecule has 3 heterocycles. The lowest BCUT2D eigenvalue weighted by Gasteiger charge is -2.13. The third-order valence-electron chi connectivity index (χ3n) is 7.78. The number of rotatable bonds is 5. The highest BCUT2D eigenvalue weighted by Gasteiger charge is 2.16. The first-order valence-corrected chi connectivity index (χ1v) is 14.3. The highest BCUT2D eigenvalue weighted by atomic mass is 16.3. The van der Waals surface area contributed by atoms with Gasteiger partial charge in [0.1, 0.15) is 11.2 Å². The van der Waals surface area contributed by atoms with Crippen LogP contribution in [0.5, 0.6) is 0 Å². The zero-order valence-corrected chi connectivity index (χ0v) is 23.2. The molecule has 0 aliphatic carbocycles. The standard InChI is InChI=1S/C39H25N3O/c1-3-10-26(11-4-1)29-22-30(32-15-9-17-37-38(32)33-14-7-8-16-36(33)43-37)24-31(23-29)35-25-34(27-18-20-40-21-19-27)41-39(42-35)28-12-5-2-6-13-28/h1-25H. The molecule has 0 unspecified atom stereocenters. The van der Waals surface area contributed by atoms with Crippen LogP contribution in [0.1, 0.15) is 0 Å².